The molecule has 1 aromatic heterocycles. The summed E-state index contributed by atoms with van der Waals surface area (Å²) < 4.78 is 0. The highest BCUT2D eigenvalue weighted by molar-refractivity contribution is 5.94. The average Bonchev–Trinajstić information content (AvgIpc) is 2.97. The van der Waals surface area contributed by atoms with Crippen molar-refractivity contribution in [2.75, 3.05) is 10.6 Å². The van der Waals surface area contributed by atoms with Crippen molar-refractivity contribution in [1.29, 1.82) is 0 Å². The fourth-order valence-corrected chi connectivity index (χ4v) is 3.20. The van der Waals surface area contributed by atoms with Crippen molar-refractivity contribution >= 4 is 28.1 Å². The van der Waals surface area contributed by atoms with Crippen LogP contribution in [0.25, 0.3) is 10.8 Å². The first-order valence-electron chi connectivity index (χ1n) is 7.95. The second-order valence-corrected chi connectivity index (χ2v) is 6.06. The molecular weight excluding hydrogens is 302 g/mol. The van der Waals surface area contributed by atoms with Gasteiger partial charge in [-0.2, -0.15) is 0 Å². The lowest BCUT2D eigenvalue weighted by Crippen LogP contribution is -2.24. The van der Waals surface area contributed by atoms with E-state index in [0.29, 0.717) is 17.5 Å². The number of carbonyl (C=O) groups excluding carboxylic acids is 1. The Balaban J connectivity index is 1.44. The predicted octanol–water partition coefficient (Wildman–Crippen LogP) is 2.89. The molecule has 0 bridgehead atoms. The van der Waals surface area contributed by atoms with E-state index in [9.17, 15) is 9.59 Å². The molecule has 1 atom stereocenters. The molecule has 5 nitrogen and oxygen atoms in total. The minimum atomic E-state index is -0.127. The molecule has 4 rings (SSSR count). The van der Waals surface area contributed by atoms with Crippen LogP contribution in [0.1, 0.15) is 12.0 Å². The number of aromatic amines is 1. The Labute approximate surface area is 138 Å². The first kappa shape index (κ1) is 14.5. The van der Waals surface area contributed by atoms with Crippen LogP contribution in [-0.2, 0) is 11.2 Å². The van der Waals surface area contributed by atoms with Gasteiger partial charge >= 0.3 is 0 Å². The molecule has 0 unspecified atom stereocenters. The topological polar surface area (TPSA) is 74.0 Å². The van der Waals surface area contributed by atoms with Gasteiger partial charge in [0.25, 0.3) is 5.56 Å². The van der Waals surface area contributed by atoms with E-state index in [0.717, 1.165) is 17.5 Å². The second-order valence-electron chi connectivity index (χ2n) is 6.06. The number of anilines is 2. The van der Waals surface area contributed by atoms with Crippen LogP contribution in [0, 0.1) is 0 Å². The molecule has 0 fully saturated rings. The van der Waals surface area contributed by atoms with E-state index in [4.69, 9.17) is 0 Å². The quantitative estimate of drug-likeness (QED) is 0.695. The van der Waals surface area contributed by atoms with E-state index in [1.165, 1.54) is 5.56 Å². The SMILES string of the molecule is O=C(C[C@@H]1Cc2ccccc2N1)Nc1ccc2c(=O)[nH]ccc2c1. The Kier molecular flexibility index (Phi) is 3.54. The zero-order valence-corrected chi connectivity index (χ0v) is 13.0. The van der Waals surface area contributed by atoms with Crippen LogP contribution in [0.2, 0.25) is 0 Å². The minimum Gasteiger partial charge on any atom is -0.381 e. The van der Waals surface area contributed by atoms with Crippen molar-refractivity contribution in [3.63, 3.8) is 0 Å². The number of nitrogens with one attached hydrogen (secondary N) is 3. The number of benzene rings is 2. The fourth-order valence-electron chi connectivity index (χ4n) is 3.20. The first-order valence-corrected chi connectivity index (χ1v) is 7.95. The third kappa shape index (κ3) is 2.76. The van der Waals surface area contributed by atoms with Gasteiger partial charge in [0, 0.05) is 35.4 Å². The zero-order chi connectivity index (χ0) is 16.5. The molecule has 3 aromatic rings. The molecule has 2 aromatic carbocycles. The summed E-state index contributed by atoms with van der Waals surface area (Å²) in [5.74, 6) is -0.0375. The molecule has 0 saturated carbocycles. The summed E-state index contributed by atoms with van der Waals surface area (Å²) in [6.07, 6.45) is 2.87. The maximum atomic E-state index is 12.3. The van der Waals surface area contributed by atoms with E-state index >= 15 is 0 Å². The number of fused-ring (bicyclic) bond motifs is 2. The molecule has 2 heterocycles. The largest absolute Gasteiger partial charge is 0.381 e. The molecule has 1 aliphatic rings. The third-order valence-electron chi connectivity index (χ3n) is 4.33. The lowest BCUT2D eigenvalue weighted by Gasteiger charge is -2.12. The van der Waals surface area contributed by atoms with Crippen LogP contribution >= 0.6 is 0 Å². The Morgan fingerprint density at radius 2 is 2.04 bits per heavy atom. The van der Waals surface area contributed by atoms with Crippen molar-refractivity contribution in [2.24, 2.45) is 0 Å². The molecular formula is C19H17N3O2. The van der Waals surface area contributed by atoms with Gasteiger partial charge in [0.15, 0.2) is 0 Å². The third-order valence-corrected chi connectivity index (χ3v) is 4.33. The van der Waals surface area contributed by atoms with Gasteiger partial charge in [0.2, 0.25) is 5.91 Å². The van der Waals surface area contributed by atoms with Gasteiger partial charge in [-0.25, -0.2) is 0 Å². The molecule has 0 radical (unpaired) electrons. The summed E-state index contributed by atoms with van der Waals surface area (Å²) in [5.41, 5.74) is 2.94. The van der Waals surface area contributed by atoms with Crippen molar-refractivity contribution < 1.29 is 4.79 Å². The molecule has 0 aliphatic carbocycles. The second kappa shape index (κ2) is 5.85. The van der Waals surface area contributed by atoms with Crippen molar-refractivity contribution in [2.45, 2.75) is 18.9 Å². The van der Waals surface area contributed by atoms with Crippen molar-refractivity contribution in [3.8, 4) is 0 Å². The van der Waals surface area contributed by atoms with Gasteiger partial charge in [0.05, 0.1) is 0 Å². The molecule has 5 heteroatoms. The highest BCUT2D eigenvalue weighted by Gasteiger charge is 2.22. The van der Waals surface area contributed by atoms with Crippen LogP contribution in [-0.4, -0.2) is 16.9 Å². The van der Waals surface area contributed by atoms with E-state index in [1.54, 1.807) is 18.3 Å². The molecule has 1 amide bonds. The highest BCUT2D eigenvalue weighted by atomic mass is 16.1. The normalized spacial score (nSPS) is 15.8. The van der Waals surface area contributed by atoms with Crippen LogP contribution < -0.4 is 16.2 Å². The maximum absolute atomic E-state index is 12.3. The Morgan fingerprint density at radius 1 is 1.17 bits per heavy atom. The molecule has 0 saturated heterocycles. The smallest absolute Gasteiger partial charge is 0.255 e. The zero-order valence-electron chi connectivity index (χ0n) is 13.0. The summed E-state index contributed by atoms with van der Waals surface area (Å²) >= 11 is 0. The fraction of sp³-hybridized carbons (Fsp3) is 0.158. The number of rotatable bonds is 3. The molecule has 1 aliphatic heterocycles. The van der Waals surface area contributed by atoms with Gasteiger partial charge in [0.1, 0.15) is 0 Å². The van der Waals surface area contributed by atoms with Crippen LogP contribution in [0.4, 0.5) is 11.4 Å². The van der Waals surface area contributed by atoms with E-state index in [-0.39, 0.29) is 17.5 Å². The van der Waals surface area contributed by atoms with Gasteiger partial charge in [-0.05, 0) is 47.7 Å². The molecule has 24 heavy (non-hydrogen) atoms. The van der Waals surface area contributed by atoms with Gasteiger partial charge in [-0.15, -0.1) is 0 Å². The predicted molar refractivity (Wildman–Crippen MR) is 95.4 cm³/mol. The first-order chi connectivity index (χ1) is 11.7. The number of pyridine rings is 1. The Morgan fingerprint density at radius 3 is 2.92 bits per heavy atom. The van der Waals surface area contributed by atoms with Crippen LogP contribution in [0.15, 0.2) is 59.5 Å². The van der Waals surface area contributed by atoms with Crippen molar-refractivity contribution in [1.82, 2.24) is 4.98 Å². The molecule has 3 N–H and O–H groups in total. The Bertz CT molecular complexity index is 953. The van der Waals surface area contributed by atoms with Gasteiger partial charge in [-0.3, -0.25) is 9.59 Å². The standard InChI is InChI=1S/C19H17N3O2/c23-18(11-15-10-13-3-1-2-4-17(13)21-15)22-14-5-6-16-12(9-14)7-8-20-19(16)24/h1-9,15,21H,10-11H2,(H,20,24)(H,22,23)/t15-/m0/s1. The van der Waals surface area contributed by atoms with E-state index < -0.39 is 0 Å². The number of hydrogen-bond donors (Lipinski definition) is 3. The number of amides is 1. The number of H-pyrrole nitrogens is 1. The highest BCUT2D eigenvalue weighted by Crippen LogP contribution is 2.26. The molecule has 0 spiro atoms. The summed E-state index contributed by atoms with van der Waals surface area (Å²) in [4.78, 5) is 26.6. The lowest BCUT2D eigenvalue weighted by molar-refractivity contribution is -0.116. The minimum absolute atomic E-state index is 0.0375. The molecule has 120 valence electrons. The monoisotopic (exact) mass is 319 g/mol. The summed E-state index contributed by atoms with van der Waals surface area (Å²) in [5, 5.41) is 7.72. The number of hydrogen-bond acceptors (Lipinski definition) is 3. The van der Waals surface area contributed by atoms with Crippen molar-refractivity contribution in [3.05, 3.63) is 70.6 Å². The van der Waals surface area contributed by atoms with Gasteiger partial charge < -0.3 is 15.6 Å². The number of aromatic nitrogens is 1. The number of para-hydroxylation sites is 1. The summed E-state index contributed by atoms with van der Waals surface area (Å²) in [6.45, 7) is 0. The number of carbonyl (C=O) groups is 1. The summed E-state index contributed by atoms with van der Waals surface area (Å²) in [7, 11) is 0. The average molecular weight is 319 g/mol. The van der Waals surface area contributed by atoms with Crippen LogP contribution in [0.5, 0.6) is 0 Å². The van der Waals surface area contributed by atoms with Gasteiger partial charge in [-0.1, -0.05) is 18.2 Å². The van der Waals surface area contributed by atoms with Crippen LogP contribution in [0.3, 0.4) is 0 Å². The van der Waals surface area contributed by atoms with E-state index in [1.807, 2.05) is 30.3 Å². The maximum Gasteiger partial charge on any atom is 0.255 e. The lowest BCUT2D eigenvalue weighted by atomic mass is 10.1. The Hall–Kier alpha value is -3.08. The van der Waals surface area contributed by atoms with E-state index in [2.05, 4.69) is 21.7 Å². The summed E-state index contributed by atoms with van der Waals surface area (Å²) in [6, 6.07) is 15.4.